The van der Waals surface area contributed by atoms with Crippen molar-refractivity contribution in [1.82, 2.24) is 25.1 Å². The summed E-state index contributed by atoms with van der Waals surface area (Å²) in [6, 6.07) is 0. The zero-order chi connectivity index (χ0) is 15.5. The molecule has 0 spiro atoms. The van der Waals surface area contributed by atoms with Gasteiger partial charge in [0.25, 0.3) is 0 Å². The van der Waals surface area contributed by atoms with Crippen molar-refractivity contribution < 1.29 is 4.74 Å². The van der Waals surface area contributed by atoms with Gasteiger partial charge in [-0.2, -0.15) is 5.10 Å². The molecule has 0 aromatic carbocycles. The molecule has 120 valence electrons. The zero-order valence-electron chi connectivity index (χ0n) is 13.4. The second kappa shape index (κ2) is 6.85. The molecule has 0 amide bonds. The minimum atomic E-state index is -0.00342. The van der Waals surface area contributed by atoms with Crippen molar-refractivity contribution in [2.75, 3.05) is 26.2 Å². The standard InChI is InChI=1S/C15H23N5OS/c1-10(2)14-17-15(19-18-14)12-8-20(6-7-21-12)5-4-13-11(3)16-9-22-13/h9-10,12H,4-8H2,1-3H3,(H,17,18,19). The Labute approximate surface area is 134 Å². The van der Waals surface area contributed by atoms with Crippen molar-refractivity contribution in [3.8, 4) is 0 Å². The first-order chi connectivity index (χ1) is 10.6. The largest absolute Gasteiger partial charge is 0.368 e. The summed E-state index contributed by atoms with van der Waals surface area (Å²) in [5.74, 6) is 2.04. The number of nitrogens with one attached hydrogen (secondary N) is 1. The van der Waals surface area contributed by atoms with Crippen LogP contribution in [-0.2, 0) is 11.2 Å². The van der Waals surface area contributed by atoms with Crippen LogP contribution in [0.3, 0.4) is 0 Å². The van der Waals surface area contributed by atoms with Gasteiger partial charge >= 0.3 is 0 Å². The van der Waals surface area contributed by atoms with Crippen molar-refractivity contribution >= 4 is 11.3 Å². The minimum absolute atomic E-state index is 0.00342. The molecule has 3 rings (SSSR count). The predicted molar refractivity (Wildman–Crippen MR) is 86.2 cm³/mol. The molecular weight excluding hydrogens is 298 g/mol. The molecule has 1 N–H and O–H groups in total. The predicted octanol–water partition coefficient (Wildman–Crippen LogP) is 2.31. The van der Waals surface area contributed by atoms with Gasteiger partial charge in [-0.05, 0) is 13.3 Å². The number of aryl methyl sites for hydroxylation is 1. The van der Waals surface area contributed by atoms with E-state index >= 15 is 0 Å². The van der Waals surface area contributed by atoms with Crippen LogP contribution in [0.25, 0.3) is 0 Å². The quantitative estimate of drug-likeness (QED) is 0.915. The lowest BCUT2D eigenvalue weighted by atomic mass is 10.2. The van der Waals surface area contributed by atoms with Crippen molar-refractivity contribution in [2.45, 2.75) is 39.2 Å². The highest BCUT2D eigenvalue weighted by molar-refractivity contribution is 7.09. The molecule has 1 aliphatic rings. The van der Waals surface area contributed by atoms with Gasteiger partial charge in [0.15, 0.2) is 11.6 Å². The molecule has 2 aromatic rings. The van der Waals surface area contributed by atoms with E-state index in [9.17, 15) is 0 Å². The normalized spacial score (nSPS) is 19.9. The molecule has 0 radical (unpaired) electrons. The van der Waals surface area contributed by atoms with E-state index in [0.717, 1.165) is 50.0 Å². The highest BCUT2D eigenvalue weighted by Crippen LogP contribution is 2.21. The molecule has 2 aromatic heterocycles. The van der Waals surface area contributed by atoms with E-state index in [-0.39, 0.29) is 6.10 Å². The lowest BCUT2D eigenvalue weighted by Crippen LogP contribution is -2.39. The smallest absolute Gasteiger partial charge is 0.155 e. The van der Waals surface area contributed by atoms with Crippen LogP contribution in [0.5, 0.6) is 0 Å². The maximum Gasteiger partial charge on any atom is 0.155 e. The minimum Gasteiger partial charge on any atom is -0.368 e. The number of H-pyrrole nitrogens is 1. The van der Waals surface area contributed by atoms with Crippen molar-refractivity contribution in [3.63, 3.8) is 0 Å². The topological polar surface area (TPSA) is 66.9 Å². The van der Waals surface area contributed by atoms with Gasteiger partial charge < -0.3 is 4.74 Å². The highest BCUT2D eigenvalue weighted by Gasteiger charge is 2.25. The van der Waals surface area contributed by atoms with E-state index in [1.54, 1.807) is 11.3 Å². The Hall–Kier alpha value is -1.31. The van der Waals surface area contributed by atoms with E-state index in [1.807, 2.05) is 5.51 Å². The summed E-state index contributed by atoms with van der Waals surface area (Å²) in [6.07, 6.45) is 1.05. The van der Waals surface area contributed by atoms with Crippen LogP contribution < -0.4 is 0 Å². The third-order valence-electron chi connectivity index (χ3n) is 3.99. The SMILES string of the molecule is Cc1ncsc1CCN1CCOC(c2nc(C(C)C)n[nH]2)C1. The van der Waals surface area contributed by atoms with Crippen LogP contribution in [-0.4, -0.2) is 51.3 Å². The Morgan fingerprint density at radius 1 is 1.50 bits per heavy atom. The first-order valence-corrected chi connectivity index (χ1v) is 8.66. The first kappa shape index (κ1) is 15.6. The zero-order valence-corrected chi connectivity index (χ0v) is 14.2. The van der Waals surface area contributed by atoms with E-state index in [1.165, 1.54) is 4.88 Å². The van der Waals surface area contributed by atoms with E-state index in [4.69, 9.17) is 4.74 Å². The molecule has 0 aliphatic carbocycles. The highest BCUT2D eigenvalue weighted by atomic mass is 32.1. The van der Waals surface area contributed by atoms with Crippen LogP contribution in [0.4, 0.5) is 0 Å². The molecule has 22 heavy (non-hydrogen) atoms. The van der Waals surface area contributed by atoms with Crippen LogP contribution in [0, 0.1) is 6.92 Å². The Bertz CT molecular complexity index is 609. The third-order valence-corrected chi connectivity index (χ3v) is 4.99. The van der Waals surface area contributed by atoms with Gasteiger partial charge in [-0.25, -0.2) is 9.97 Å². The maximum absolute atomic E-state index is 5.86. The number of hydrogen-bond donors (Lipinski definition) is 1. The molecule has 0 bridgehead atoms. The summed E-state index contributed by atoms with van der Waals surface area (Å²) in [4.78, 5) is 12.7. The van der Waals surface area contributed by atoms with E-state index < -0.39 is 0 Å². The number of morpholine rings is 1. The number of aromatic nitrogens is 4. The van der Waals surface area contributed by atoms with Gasteiger partial charge in [0, 0.05) is 30.4 Å². The summed E-state index contributed by atoms with van der Waals surface area (Å²) in [5, 5.41) is 7.31. The van der Waals surface area contributed by atoms with E-state index in [2.05, 4.69) is 45.8 Å². The van der Waals surface area contributed by atoms with Crippen LogP contribution in [0.15, 0.2) is 5.51 Å². The molecule has 7 heteroatoms. The molecule has 1 aliphatic heterocycles. The van der Waals surface area contributed by atoms with Crippen LogP contribution in [0.2, 0.25) is 0 Å². The summed E-state index contributed by atoms with van der Waals surface area (Å²) in [6.45, 7) is 9.88. The van der Waals surface area contributed by atoms with Crippen LogP contribution >= 0.6 is 11.3 Å². The van der Waals surface area contributed by atoms with Gasteiger partial charge in [0.1, 0.15) is 6.10 Å². The van der Waals surface area contributed by atoms with Gasteiger partial charge in [0.05, 0.1) is 17.8 Å². The number of thiazole rings is 1. The number of aromatic amines is 1. The summed E-state index contributed by atoms with van der Waals surface area (Å²) >= 11 is 1.74. The molecule has 3 heterocycles. The Balaban J connectivity index is 1.57. The average Bonchev–Trinajstić information content (AvgIpc) is 3.14. The molecular formula is C15H23N5OS. The third kappa shape index (κ3) is 3.53. The average molecular weight is 321 g/mol. The number of ether oxygens (including phenoxy) is 1. The molecule has 1 saturated heterocycles. The Morgan fingerprint density at radius 2 is 2.36 bits per heavy atom. The molecule has 6 nitrogen and oxygen atoms in total. The number of nitrogens with zero attached hydrogens (tertiary/aromatic N) is 4. The fourth-order valence-corrected chi connectivity index (χ4v) is 3.36. The van der Waals surface area contributed by atoms with Gasteiger partial charge in [-0.15, -0.1) is 11.3 Å². The Kier molecular flexibility index (Phi) is 4.85. The Morgan fingerprint density at radius 3 is 3.05 bits per heavy atom. The van der Waals surface area contributed by atoms with Crippen molar-refractivity contribution in [2.24, 2.45) is 0 Å². The summed E-state index contributed by atoms with van der Waals surface area (Å²) < 4.78 is 5.86. The number of rotatable bonds is 5. The lowest BCUT2D eigenvalue weighted by Gasteiger charge is -2.31. The molecule has 1 fully saturated rings. The lowest BCUT2D eigenvalue weighted by molar-refractivity contribution is -0.0337. The number of hydrogen-bond acceptors (Lipinski definition) is 6. The van der Waals surface area contributed by atoms with Gasteiger partial charge in [-0.3, -0.25) is 10.00 Å². The van der Waals surface area contributed by atoms with Crippen molar-refractivity contribution in [3.05, 3.63) is 27.7 Å². The van der Waals surface area contributed by atoms with Gasteiger partial charge in [-0.1, -0.05) is 13.8 Å². The second-order valence-corrected chi connectivity index (χ2v) is 6.94. The second-order valence-electron chi connectivity index (χ2n) is 6.00. The molecule has 1 atom stereocenters. The molecule has 0 saturated carbocycles. The maximum atomic E-state index is 5.86. The van der Waals surface area contributed by atoms with E-state index in [0.29, 0.717) is 5.92 Å². The van der Waals surface area contributed by atoms with Crippen molar-refractivity contribution in [1.29, 1.82) is 0 Å². The van der Waals surface area contributed by atoms with Crippen LogP contribution in [0.1, 0.15) is 48.1 Å². The monoisotopic (exact) mass is 321 g/mol. The fourth-order valence-electron chi connectivity index (χ4n) is 2.59. The van der Waals surface area contributed by atoms with Gasteiger partial charge in [0.2, 0.25) is 0 Å². The first-order valence-electron chi connectivity index (χ1n) is 7.78. The summed E-state index contributed by atoms with van der Waals surface area (Å²) in [5.41, 5.74) is 3.08. The summed E-state index contributed by atoms with van der Waals surface area (Å²) in [7, 11) is 0. The fraction of sp³-hybridized carbons (Fsp3) is 0.667. The molecule has 1 unspecified atom stereocenters.